The van der Waals surface area contributed by atoms with Crippen LogP contribution in [-0.4, -0.2) is 53.6 Å². The van der Waals surface area contributed by atoms with E-state index in [0.29, 0.717) is 26.1 Å². The molecule has 0 bridgehead atoms. The number of hydrogen-bond acceptors (Lipinski definition) is 5. The highest BCUT2D eigenvalue weighted by Gasteiger charge is 2.28. The highest BCUT2D eigenvalue weighted by Crippen LogP contribution is 2.10. The van der Waals surface area contributed by atoms with E-state index in [9.17, 15) is 9.59 Å². The minimum atomic E-state index is -1.82. The molecule has 1 rings (SSSR count). The molecule has 1 aliphatic rings. The Morgan fingerprint density at radius 2 is 1.89 bits per heavy atom. The van der Waals surface area contributed by atoms with Crippen LogP contribution in [0.4, 0.5) is 0 Å². The lowest BCUT2D eigenvalue weighted by atomic mass is 9.98. The Morgan fingerprint density at radius 3 is 2.32 bits per heavy atom. The van der Waals surface area contributed by atoms with E-state index >= 15 is 0 Å². The molecule has 6 N–H and O–H groups in total. The van der Waals surface area contributed by atoms with Crippen molar-refractivity contribution in [2.24, 2.45) is 11.7 Å². The van der Waals surface area contributed by atoms with Crippen molar-refractivity contribution in [1.29, 1.82) is 0 Å². The molecule has 1 aliphatic heterocycles. The average molecular weight is 275 g/mol. The number of amides is 2. The van der Waals surface area contributed by atoms with Crippen molar-refractivity contribution in [3.8, 4) is 0 Å². The monoisotopic (exact) mass is 275 g/mol. The van der Waals surface area contributed by atoms with Crippen LogP contribution in [0.5, 0.6) is 0 Å². The molecule has 0 aliphatic carbocycles. The first-order valence-corrected chi connectivity index (χ1v) is 5.61. The molecule has 9 heteroatoms. The Labute approximate surface area is 109 Å². The molecule has 108 valence electrons. The fourth-order valence-corrected chi connectivity index (χ4v) is 1.34. The molecule has 1 unspecified atom stereocenters. The van der Waals surface area contributed by atoms with Gasteiger partial charge in [0, 0.05) is 19.6 Å². The van der Waals surface area contributed by atoms with Crippen molar-refractivity contribution >= 4 is 23.8 Å². The number of carbonyl (C=O) groups is 4. The predicted octanol–water partition coefficient (Wildman–Crippen LogP) is -2.26. The van der Waals surface area contributed by atoms with Crippen molar-refractivity contribution < 1.29 is 29.4 Å². The second-order valence-corrected chi connectivity index (χ2v) is 3.68. The second kappa shape index (κ2) is 8.86. The van der Waals surface area contributed by atoms with Crippen molar-refractivity contribution in [1.82, 2.24) is 10.6 Å². The number of aliphatic carboxylic acids is 2. The van der Waals surface area contributed by atoms with E-state index < -0.39 is 17.9 Å². The van der Waals surface area contributed by atoms with Crippen molar-refractivity contribution in [2.75, 3.05) is 19.6 Å². The van der Waals surface area contributed by atoms with Gasteiger partial charge in [-0.3, -0.25) is 9.59 Å². The van der Waals surface area contributed by atoms with Crippen LogP contribution in [0, 0.1) is 5.92 Å². The fourth-order valence-electron chi connectivity index (χ4n) is 1.34. The van der Waals surface area contributed by atoms with Crippen LogP contribution < -0.4 is 16.4 Å². The molecule has 0 saturated carbocycles. The molecule has 1 saturated heterocycles. The minimum absolute atomic E-state index is 0.166. The summed E-state index contributed by atoms with van der Waals surface area (Å²) in [6.45, 7) is 1.52. The first-order chi connectivity index (χ1) is 8.90. The highest BCUT2D eigenvalue weighted by molar-refractivity contribution is 6.27. The molecule has 1 heterocycles. The molecule has 0 aromatic carbocycles. The molecule has 0 aromatic heterocycles. The van der Waals surface area contributed by atoms with Gasteiger partial charge in [0.25, 0.3) is 0 Å². The maximum Gasteiger partial charge on any atom is 0.414 e. The first-order valence-electron chi connectivity index (χ1n) is 5.61. The van der Waals surface area contributed by atoms with Gasteiger partial charge in [-0.1, -0.05) is 0 Å². The van der Waals surface area contributed by atoms with Crippen LogP contribution in [0.3, 0.4) is 0 Å². The maximum atomic E-state index is 11.3. The Hall–Kier alpha value is -2.16. The number of piperidine rings is 1. The summed E-state index contributed by atoms with van der Waals surface area (Å²) in [6.07, 6.45) is 1.51. The van der Waals surface area contributed by atoms with Gasteiger partial charge in [-0.15, -0.1) is 0 Å². The van der Waals surface area contributed by atoms with Gasteiger partial charge < -0.3 is 26.6 Å². The fraction of sp³-hybridized carbons (Fsp3) is 0.600. The van der Waals surface area contributed by atoms with Crippen LogP contribution in [0.25, 0.3) is 0 Å². The number of hydrogen-bond donors (Lipinski definition) is 5. The molecular weight excluding hydrogens is 258 g/mol. The minimum Gasteiger partial charge on any atom is -0.473 e. The lowest BCUT2D eigenvalue weighted by Crippen LogP contribution is -2.45. The molecule has 1 fully saturated rings. The standard InChI is InChI=1S/C8H15N3O2.C2H2O4/c9-3-5-11-8(13)6-2-1-4-10-7(6)12;3-1(4)2(5)6/h6H,1-5,9H2,(H,10,12)(H,11,13);(H,3,4)(H,5,6). The third kappa shape index (κ3) is 6.99. The molecule has 1 atom stereocenters. The van der Waals surface area contributed by atoms with E-state index in [-0.39, 0.29) is 11.8 Å². The Balaban J connectivity index is 0.000000459. The van der Waals surface area contributed by atoms with Crippen LogP contribution in [0.15, 0.2) is 0 Å². The number of nitrogens with one attached hydrogen (secondary N) is 2. The maximum absolute atomic E-state index is 11.3. The normalized spacial score (nSPS) is 17.5. The van der Waals surface area contributed by atoms with E-state index in [1.165, 1.54) is 0 Å². The highest BCUT2D eigenvalue weighted by atomic mass is 16.4. The topological polar surface area (TPSA) is 159 Å². The van der Waals surface area contributed by atoms with Crippen molar-refractivity contribution in [2.45, 2.75) is 12.8 Å². The molecule has 2 amide bonds. The average Bonchev–Trinajstić information content (AvgIpc) is 2.37. The van der Waals surface area contributed by atoms with Gasteiger partial charge in [-0.05, 0) is 12.8 Å². The van der Waals surface area contributed by atoms with E-state index in [1.807, 2.05) is 0 Å². The number of rotatable bonds is 3. The van der Waals surface area contributed by atoms with Gasteiger partial charge in [-0.25, -0.2) is 9.59 Å². The first kappa shape index (κ1) is 16.8. The quantitative estimate of drug-likeness (QED) is 0.287. The predicted molar refractivity (Wildman–Crippen MR) is 63.1 cm³/mol. The van der Waals surface area contributed by atoms with E-state index in [4.69, 9.17) is 25.5 Å². The molecular formula is C10H17N3O6. The number of carboxylic acids is 2. The largest absolute Gasteiger partial charge is 0.473 e. The summed E-state index contributed by atoms with van der Waals surface area (Å²) in [5.41, 5.74) is 5.23. The third-order valence-corrected chi connectivity index (χ3v) is 2.23. The lowest BCUT2D eigenvalue weighted by Gasteiger charge is -2.20. The zero-order valence-corrected chi connectivity index (χ0v) is 10.2. The second-order valence-electron chi connectivity index (χ2n) is 3.68. The van der Waals surface area contributed by atoms with Gasteiger partial charge in [0.05, 0.1) is 0 Å². The molecule has 0 radical (unpaired) electrons. The molecule has 19 heavy (non-hydrogen) atoms. The Kier molecular flexibility index (Phi) is 7.85. The van der Waals surface area contributed by atoms with E-state index in [1.54, 1.807) is 0 Å². The Morgan fingerprint density at radius 1 is 1.32 bits per heavy atom. The molecule has 0 aromatic rings. The van der Waals surface area contributed by atoms with Crippen molar-refractivity contribution in [3.05, 3.63) is 0 Å². The van der Waals surface area contributed by atoms with Gasteiger partial charge in [0.1, 0.15) is 5.92 Å². The summed E-state index contributed by atoms with van der Waals surface area (Å²) in [5.74, 6) is -4.53. The number of nitrogens with two attached hydrogens (primary N) is 1. The van der Waals surface area contributed by atoms with Gasteiger partial charge in [-0.2, -0.15) is 0 Å². The van der Waals surface area contributed by atoms with E-state index in [0.717, 1.165) is 6.42 Å². The van der Waals surface area contributed by atoms with Crippen LogP contribution in [0.2, 0.25) is 0 Å². The summed E-state index contributed by atoms with van der Waals surface area (Å²) in [4.78, 5) is 40.7. The van der Waals surface area contributed by atoms with Crippen LogP contribution in [-0.2, 0) is 19.2 Å². The zero-order chi connectivity index (χ0) is 14.8. The molecule has 9 nitrogen and oxygen atoms in total. The third-order valence-electron chi connectivity index (χ3n) is 2.23. The van der Waals surface area contributed by atoms with E-state index in [2.05, 4.69) is 10.6 Å². The van der Waals surface area contributed by atoms with Gasteiger partial charge in [0.2, 0.25) is 11.8 Å². The smallest absolute Gasteiger partial charge is 0.414 e. The zero-order valence-electron chi connectivity index (χ0n) is 10.2. The van der Waals surface area contributed by atoms with Crippen LogP contribution in [0.1, 0.15) is 12.8 Å². The SMILES string of the molecule is NCCNC(=O)C1CCCNC1=O.O=C(O)C(=O)O. The summed E-state index contributed by atoms with van der Waals surface area (Å²) < 4.78 is 0. The summed E-state index contributed by atoms with van der Waals surface area (Å²) in [5, 5.41) is 20.0. The van der Waals surface area contributed by atoms with Crippen molar-refractivity contribution in [3.63, 3.8) is 0 Å². The van der Waals surface area contributed by atoms with Gasteiger partial charge in [0.15, 0.2) is 0 Å². The Bertz CT molecular complexity index is 345. The summed E-state index contributed by atoms with van der Waals surface area (Å²) >= 11 is 0. The number of carbonyl (C=O) groups excluding carboxylic acids is 2. The number of carboxylic acid groups (broad SMARTS) is 2. The van der Waals surface area contributed by atoms with Crippen LogP contribution >= 0.6 is 0 Å². The summed E-state index contributed by atoms with van der Waals surface area (Å²) in [7, 11) is 0. The molecule has 0 spiro atoms. The summed E-state index contributed by atoms with van der Waals surface area (Å²) in [6, 6.07) is 0. The lowest BCUT2D eigenvalue weighted by molar-refractivity contribution is -0.159. The van der Waals surface area contributed by atoms with Gasteiger partial charge >= 0.3 is 11.9 Å².